The van der Waals surface area contributed by atoms with Crippen LogP contribution in [0.15, 0.2) is 0 Å². The van der Waals surface area contributed by atoms with Crippen LogP contribution in [0.4, 0.5) is 0 Å². The Kier molecular flexibility index (Phi) is 6.31. The minimum Gasteiger partial charge on any atom is -0.481 e. The van der Waals surface area contributed by atoms with Gasteiger partial charge in [-0.05, 0) is 0 Å². The second kappa shape index (κ2) is 7.19. The van der Waals surface area contributed by atoms with E-state index in [1.165, 1.54) is 0 Å². The lowest BCUT2D eigenvalue weighted by atomic mass is 10.2. The zero-order chi connectivity index (χ0) is 14.3. The summed E-state index contributed by atoms with van der Waals surface area (Å²) in [5.74, 6) is -6.37. The summed E-state index contributed by atoms with van der Waals surface area (Å²) in [6.45, 7) is 0. The van der Waals surface area contributed by atoms with Gasteiger partial charge in [-0.2, -0.15) is 0 Å². The summed E-state index contributed by atoms with van der Waals surface area (Å²) in [6.07, 6.45) is -5.79. The number of carbonyl (C=O) groups is 4. The normalized spacial score (nSPS) is 13.6. The van der Waals surface area contributed by atoms with Crippen LogP contribution in [0.25, 0.3) is 0 Å². The van der Waals surface area contributed by atoms with Gasteiger partial charge < -0.3 is 20.4 Å². The third-order valence-electron chi connectivity index (χ3n) is 1.56. The van der Waals surface area contributed by atoms with Crippen molar-refractivity contribution in [1.82, 2.24) is 0 Å². The van der Waals surface area contributed by atoms with Crippen LogP contribution in [0.1, 0.15) is 12.8 Å². The highest BCUT2D eigenvalue weighted by molar-refractivity contribution is 5.80. The molecule has 0 saturated carbocycles. The van der Waals surface area contributed by atoms with Crippen molar-refractivity contribution >= 4 is 23.9 Å². The molecular weight excluding hydrogens is 256 g/mol. The van der Waals surface area contributed by atoms with Gasteiger partial charge in [-0.15, -0.1) is 0 Å². The lowest BCUT2D eigenvalue weighted by Gasteiger charge is -2.14. The molecule has 2 unspecified atom stereocenters. The Balaban J connectivity index is 4.45. The molecule has 0 heterocycles. The Hall–Kier alpha value is -2.20. The van der Waals surface area contributed by atoms with Crippen molar-refractivity contribution in [3.8, 4) is 0 Å². The summed E-state index contributed by atoms with van der Waals surface area (Å²) in [6, 6.07) is 0. The van der Waals surface area contributed by atoms with E-state index in [9.17, 15) is 19.2 Å². The molecule has 0 amide bonds. The van der Waals surface area contributed by atoms with E-state index in [-0.39, 0.29) is 0 Å². The van der Waals surface area contributed by atoms with Crippen LogP contribution in [0.3, 0.4) is 0 Å². The maximum Gasteiger partial charge on any atom is 0.336 e. The van der Waals surface area contributed by atoms with Crippen LogP contribution in [-0.2, 0) is 29.0 Å². The molecular formula is C8H10O10. The Bertz CT molecular complexity index is 314. The van der Waals surface area contributed by atoms with Gasteiger partial charge in [0.15, 0.2) is 12.2 Å². The molecule has 0 radical (unpaired) electrons. The number of rotatable bonds is 9. The van der Waals surface area contributed by atoms with E-state index in [0.717, 1.165) is 0 Å². The van der Waals surface area contributed by atoms with Crippen molar-refractivity contribution in [2.45, 2.75) is 25.0 Å². The van der Waals surface area contributed by atoms with E-state index in [2.05, 4.69) is 9.78 Å². The van der Waals surface area contributed by atoms with E-state index in [1.807, 2.05) is 0 Å². The summed E-state index contributed by atoms with van der Waals surface area (Å²) in [4.78, 5) is 49.8. The Labute approximate surface area is 99.3 Å². The van der Waals surface area contributed by atoms with Crippen LogP contribution in [0.5, 0.6) is 0 Å². The molecule has 10 nitrogen and oxygen atoms in total. The quantitative estimate of drug-likeness (QED) is 0.293. The molecule has 4 N–H and O–H groups in total. The van der Waals surface area contributed by atoms with Crippen LogP contribution < -0.4 is 0 Å². The predicted octanol–water partition coefficient (Wildman–Crippen LogP) is -1.21. The Morgan fingerprint density at radius 3 is 1.17 bits per heavy atom. The van der Waals surface area contributed by atoms with Gasteiger partial charge >= 0.3 is 23.9 Å². The molecule has 0 bridgehead atoms. The van der Waals surface area contributed by atoms with Crippen molar-refractivity contribution in [3.05, 3.63) is 0 Å². The summed E-state index contributed by atoms with van der Waals surface area (Å²) in [5, 5.41) is 33.7. The highest BCUT2D eigenvalue weighted by atomic mass is 17.2. The van der Waals surface area contributed by atoms with Crippen molar-refractivity contribution < 1.29 is 49.4 Å². The van der Waals surface area contributed by atoms with Gasteiger partial charge in [0.1, 0.15) is 0 Å². The largest absolute Gasteiger partial charge is 0.481 e. The standard InChI is InChI=1S/C8H10O10/c9-5(10)1-3(7(13)14)17-18-4(8(15)16)2-6(11)12/h3-4H,1-2H2,(H,9,10)(H,11,12)(H,13,14)(H,15,16). The van der Waals surface area contributed by atoms with E-state index < -0.39 is 48.9 Å². The molecule has 0 rings (SSSR count). The topological polar surface area (TPSA) is 168 Å². The summed E-state index contributed by atoms with van der Waals surface area (Å²) in [5.41, 5.74) is 0. The fourth-order valence-electron chi connectivity index (χ4n) is 0.776. The number of carboxylic acids is 4. The van der Waals surface area contributed by atoms with Crippen LogP contribution in [0.2, 0.25) is 0 Å². The fourth-order valence-corrected chi connectivity index (χ4v) is 0.776. The number of hydrogen-bond acceptors (Lipinski definition) is 6. The lowest BCUT2D eigenvalue weighted by Crippen LogP contribution is -2.33. The van der Waals surface area contributed by atoms with Crippen molar-refractivity contribution in [2.75, 3.05) is 0 Å². The second-order valence-corrected chi connectivity index (χ2v) is 3.04. The molecule has 0 aromatic carbocycles. The summed E-state index contributed by atoms with van der Waals surface area (Å²) < 4.78 is 0. The van der Waals surface area contributed by atoms with Gasteiger partial charge in [-0.1, -0.05) is 0 Å². The van der Waals surface area contributed by atoms with E-state index in [1.54, 1.807) is 0 Å². The SMILES string of the molecule is O=C(O)CC(OOC(CC(=O)O)C(=O)O)C(=O)O. The van der Waals surface area contributed by atoms with Gasteiger partial charge in [-0.25, -0.2) is 19.4 Å². The first-order valence-corrected chi connectivity index (χ1v) is 4.45. The molecule has 0 aromatic heterocycles. The molecule has 0 saturated heterocycles. The number of aliphatic carboxylic acids is 4. The summed E-state index contributed by atoms with van der Waals surface area (Å²) >= 11 is 0. The monoisotopic (exact) mass is 266 g/mol. The van der Waals surface area contributed by atoms with Gasteiger partial charge in [0, 0.05) is 0 Å². The first kappa shape index (κ1) is 15.8. The Morgan fingerprint density at radius 2 is 1.00 bits per heavy atom. The molecule has 18 heavy (non-hydrogen) atoms. The van der Waals surface area contributed by atoms with Gasteiger partial charge in [-0.3, -0.25) is 9.59 Å². The van der Waals surface area contributed by atoms with E-state index in [4.69, 9.17) is 20.4 Å². The smallest absolute Gasteiger partial charge is 0.336 e. The minimum atomic E-state index is -1.93. The zero-order valence-electron chi connectivity index (χ0n) is 8.81. The van der Waals surface area contributed by atoms with Gasteiger partial charge in [0.05, 0.1) is 12.8 Å². The fraction of sp³-hybridized carbons (Fsp3) is 0.500. The van der Waals surface area contributed by atoms with Gasteiger partial charge in [0.2, 0.25) is 0 Å². The molecule has 0 fully saturated rings. The lowest BCUT2D eigenvalue weighted by molar-refractivity contribution is -0.341. The van der Waals surface area contributed by atoms with E-state index >= 15 is 0 Å². The van der Waals surface area contributed by atoms with Crippen LogP contribution in [0, 0.1) is 0 Å². The molecule has 0 aliphatic carbocycles. The molecule has 0 aliphatic rings. The predicted molar refractivity (Wildman–Crippen MR) is 49.5 cm³/mol. The average molecular weight is 266 g/mol. The van der Waals surface area contributed by atoms with Crippen LogP contribution in [-0.4, -0.2) is 56.5 Å². The van der Waals surface area contributed by atoms with Crippen LogP contribution >= 0.6 is 0 Å². The van der Waals surface area contributed by atoms with E-state index in [0.29, 0.717) is 0 Å². The Morgan fingerprint density at radius 1 is 0.722 bits per heavy atom. The first-order chi connectivity index (χ1) is 8.23. The third kappa shape index (κ3) is 6.40. The molecule has 0 aliphatic heterocycles. The first-order valence-electron chi connectivity index (χ1n) is 4.45. The zero-order valence-corrected chi connectivity index (χ0v) is 8.81. The second-order valence-electron chi connectivity index (χ2n) is 3.04. The maximum absolute atomic E-state index is 10.5. The average Bonchev–Trinajstić information content (AvgIpc) is 2.20. The molecule has 0 aromatic rings. The van der Waals surface area contributed by atoms with Gasteiger partial charge in [0.25, 0.3) is 0 Å². The van der Waals surface area contributed by atoms with Crippen molar-refractivity contribution in [3.63, 3.8) is 0 Å². The molecule has 102 valence electrons. The summed E-state index contributed by atoms with van der Waals surface area (Å²) in [7, 11) is 0. The molecule has 2 atom stereocenters. The highest BCUT2D eigenvalue weighted by Crippen LogP contribution is 2.06. The minimum absolute atomic E-state index is 0.964. The molecule has 0 spiro atoms. The third-order valence-corrected chi connectivity index (χ3v) is 1.56. The number of hydrogen-bond donors (Lipinski definition) is 4. The number of carboxylic acid groups (broad SMARTS) is 4. The van der Waals surface area contributed by atoms with Crippen molar-refractivity contribution in [1.29, 1.82) is 0 Å². The molecule has 10 heteroatoms. The van der Waals surface area contributed by atoms with Crippen molar-refractivity contribution in [2.24, 2.45) is 0 Å². The highest BCUT2D eigenvalue weighted by Gasteiger charge is 2.28. The maximum atomic E-state index is 10.5.